The van der Waals surface area contributed by atoms with Gasteiger partial charge in [-0.2, -0.15) is 0 Å². The first-order chi connectivity index (χ1) is 28.8. The van der Waals surface area contributed by atoms with Crippen LogP contribution in [0.15, 0.2) is 131 Å². The Morgan fingerprint density at radius 3 is 2.35 bits per heavy atom. The Morgan fingerprint density at radius 2 is 1.62 bits per heavy atom. The van der Waals surface area contributed by atoms with Crippen LogP contribution in [0.1, 0.15) is 12.0 Å². The minimum atomic E-state index is -5.00. The van der Waals surface area contributed by atoms with Crippen molar-refractivity contribution in [2.75, 3.05) is 67.5 Å². The first-order valence-electron chi connectivity index (χ1n) is 19.4. The Bertz CT molecular complexity index is 2490. The third-order valence-corrected chi connectivity index (χ3v) is 12.9. The molecular formula is C44H45ClF3N7O3S2. The molecule has 16 heteroatoms. The molecular weight excluding hydrogens is 831 g/mol. The lowest BCUT2D eigenvalue weighted by Crippen LogP contribution is -2.46. The lowest BCUT2D eigenvalue weighted by molar-refractivity contribution is -0.274. The van der Waals surface area contributed by atoms with Gasteiger partial charge in [-0.3, -0.25) is 9.62 Å². The molecule has 2 N–H and O–H groups in total. The summed E-state index contributed by atoms with van der Waals surface area (Å²) >= 11 is 7.68. The molecule has 10 nitrogen and oxygen atoms in total. The van der Waals surface area contributed by atoms with Gasteiger partial charge in [-0.15, -0.1) is 24.9 Å². The number of anilines is 3. The molecule has 2 heterocycles. The number of rotatable bonds is 16. The topological polar surface area (TPSA) is 103 Å². The Kier molecular flexibility index (Phi) is 13.7. The Labute approximate surface area is 357 Å². The van der Waals surface area contributed by atoms with Gasteiger partial charge in [0.1, 0.15) is 6.33 Å². The molecule has 0 bridgehead atoms. The zero-order chi connectivity index (χ0) is 42.3. The van der Waals surface area contributed by atoms with Crippen molar-refractivity contribution in [1.82, 2.24) is 19.8 Å². The number of ether oxygens (including phenoxy) is 1. The van der Waals surface area contributed by atoms with Crippen LogP contribution in [0, 0.1) is 0 Å². The molecule has 1 saturated heterocycles. The Hall–Kier alpha value is -5.06. The lowest BCUT2D eigenvalue weighted by atomic mass is 9.99. The summed E-state index contributed by atoms with van der Waals surface area (Å²) in [5, 5.41) is 4.34. The highest BCUT2D eigenvalue weighted by atomic mass is 35.5. The monoisotopic (exact) mass is 875 g/mol. The van der Waals surface area contributed by atoms with E-state index in [9.17, 15) is 21.6 Å². The molecule has 6 aromatic rings. The van der Waals surface area contributed by atoms with Crippen LogP contribution in [0.5, 0.6) is 5.75 Å². The van der Waals surface area contributed by atoms with Crippen LogP contribution in [0.3, 0.4) is 0 Å². The van der Waals surface area contributed by atoms with E-state index < -0.39 is 22.1 Å². The van der Waals surface area contributed by atoms with Crippen LogP contribution in [0.2, 0.25) is 5.02 Å². The van der Waals surface area contributed by atoms with E-state index in [1.165, 1.54) is 17.5 Å². The van der Waals surface area contributed by atoms with Crippen molar-refractivity contribution in [2.24, 2.45) is 0 Å². The van der Waals surface area contributed by atoms with Crippen molar-refractivity contribution >= 4 is 61.5 Å². The van der Waals surface area contributed by atoms with E-state index in [1.54, 1.807) is 17.8 Å². The number of hydrogen-bond acceptors (Lipinski definition) is 10. The fourth-order valence-corrected chi connectivity index (χ4v) is 9.21. The number of thioether (sulfide) groups is 1. The predicted molar refractivity (Wildman–Crippen MR) is 236 cm³/mol. The molecule has 0 saturated carbocycles. The number of hydrogen-bond donors (Lipinski definition) is 2. The standard InChI is InChI=1S/C44H45ClF3N7O3S2/c1-53(2)21-20-34(29-59-36-9-4-3-5-10-36)51-41-27-37(17-19-42(41)58-44(46,47)48)60(56,57)52-43-39-18-16-35(26-40(39)49-30-50-43)55-24-22-54(23-25-55)28-32-8-6-7-11-38(32)31-12-14-33(45)15-13-31/h3-19,26-27,30,34,51H,20-25,28-29H2,1-2H3,(H,49,50,52)/t34-/m1/s1. The molecule has 0 spiro atoms. The predicted octanol–water partition coefficient (Wildman–Crippen LogP) is 9.50. The molecule has 5 aromatic carbocycles. The molecule has 1 aliphatic rings. The Morgan fingerprint density at radius 1 is 0.883 bits per heavy atom. The second kappa shape index (κ2) is 19.1. The highest BCUT2D eigenvalue weighted by Crippen LogP contribution is 2.35. The van der Waals surface area contributed by atoms with Crippen molar-refractivity contribution < 1.29 is 26.3 Å². The van der Waals surface area contributed by atoms with Gasteiger partial charge in [0.2, 0.25) is 0 Å². The van der Waals surface area contributed by atoms with Gasteiger partial charge in [0, 0.05) is 65.5 Å². The van der Waals surface area contributed by atoms with Crippen LogP contribution in [0.4, 0.5) is 30.4 Å². The van der Waals surface area contributed by atoms with E-state index >= 15 is 0 Å². The van der Waals surface area contributed by atoms with Gasteiger partial charge in [0.25, 0.3) is 10.0 Å². The molecule has 0 radical (unpaired) electrons. The number of halogens is 4. The zero-order valence-electron chi connectivity index (χ0n) is 33.1. The molecule has 0 amide bonds. The first-order valence-corrected chi connectivity index (χ1v) is 22.2. The van der Waals surface area contributed by atoms with E-state index in [0.29, 0.717) is 34.6 Å². The third-order valence-electron chi connectivity index (χ3n) is 10.1. The van der Waals surface area contributed by atoms with Gasteiger partial charge in [0.15, 0.2) is 11.6 Å². The SMILES string of the molecule is CN(C)CC[C@H](CSc1ccccc1)Nc1cc(S(=O)(=O)Nc2ncnc3cc(N4CCN(Cc5ccccc5-c5ccc(Cl)cc5)CC4)ccc23)ccc1OC(F)(F)F. The van der Waals surface area contributed by atoms with Crippen molar-refractivity contribution in [1.29, 1.82) is 0 Å². The van der Waals surface area contributed by atoms with Crippen LogP contribution >= 0.6 is 23.4 Å². The second-order valence-electron chi connectivity index (χ2n) is 14.7. The quantitative estimate of drug-likeness (QED) is 0.0915. The summed E-state index contributed by atoms with van der Waals surface area (Å²) in [7, 11) is -0.530. The molecule has 314 valence electrons. The van der Waals surface area contributed by atoms with E-state index in [4.69, 9.17) is 11.6 Å². The lowest BCUT2D eigenvalue weighted by Gasteiger charge is -2.36. The summed E-state index contributed by atoms with van der Waals surface area (Å²) in [6.07, 6.45) is -3.14. The van der Waals surface area contributed by atoms with E-state index in [1.807, 2.05) is 91.8 Å². The Balaban J connectivity index is 1.06. The summed E-state index contributed by atoms with van der Waals surface area (Å²) < 4.78 is 75.4. The van der Waals surface area contributed by atoms with E-state index in [-0.39, 0.29) is 22.4 Å². The number of aromatic nitrogens is 2. The average molecular weight is 876 g/mol. The summed E-state index contributed by atoms with van der Waals surface area (Å²) in [5.41, 5.74) is 4.93. The highest BCUT2D eigenvalue weighted by molar-refractivity contribution is 7.99. The highest BCUT2D eigenvalue weighted by Gasteiger charge is 2.33. The molecule has 60 heavy (non-hydrogen) atoms. The minimum absolute atomic E-state index is 0.0453. The number of sulfonamides is 1. The van der Waals surface area contributed by atoms with Crippen LogP contribution in [0.25, 0.3) is 22.0 Å². The minimum Gasteiger partial charge on any atom is -0.404 e. The summed E-state index contributed by atoms with van der Waals surface area (Å²) in [6.45, 7) is 4.69. The van der Waals surface area contributed by atoms with Crippen LogP contribution in [-0.4, -0.2) is 93.2 Å². The first kappa shape index (κ1) is 43.0. The second-order valence-corrected chi connectivity index (χ2v) is 17.9. The molecule has 0 unspecified atom stereocenters. The third kappa shape index (κ3) is 11.4. The van der Waals surface area contributed by atoms with Crippen LogP contribution < -0.4 is 19.7 Å². The molecule has 1 fully saturated rings. The average Bonchev–Trinajstić information content (AvgIpc) is 3.23. The molecule has 1 aromatic heterocycles. The van der Waals surface area contributed by atoms with Crippen molar-refractivity contribution in [3.05, 3.63) is 132 Å². The van der Waals surface area contributed by atoms with Gasteiger partial charge in [-0.1, -0.05) is 66.2 Å². The van der Waals surface area contributed by atoms with Crippen molar-refractivity contribution in [3.8, 4) is 16.9 Å². The van der Waals surface area contributed by atoms with Gasteiger partial charge in [-0.05, 0) is 104 Å². The van der Waals surface area contributed by atoms with Crippen LogP contribution in [-0.2, 0) is 16.6 Å². The maximum atomic E-state index is 13.9. The largest absolute Gasteiger partial charge is 0.573 e. The number of alkyl halides is 3. The number of fused-ring (bicyclic) bond motifs is 1. The number of piperazine rings is 1. The van der Waals surface area contributed by atoms with Gasteiger partial charge >= 0.3 is 6.36 Å². The fourth-order valence-electron chi connectivity index (χ4n) is 7.03. The van der Waals surface area contributed by atoms with Gasteiger partial charge < -0.3 is 19.9 Å². The normalized spacial score (nSPS) is 14.3. The fraction of sp³-hybridized carbons (Fsp3) is 0.273. The number of nitrogens with one attached hydrogen (secondary N) is 2. The smallest absolute Gasteiger partial charge is 0.404 e. The molecule has 7 rings (SSSR count). The van der Waals surface area contributed by atoms with E-state index in [0.717, 1.165) is 67.1 Å². The van der Waals surface area contributed by atoms with Gasteiger partial charge in [-0.25, -0.2) is 18.4 Å². The number of nitrogens with zero attached hydrogens (tertiary/aromatic N) is 5. The molecule has 1 atom stereocenters. The summed E-state index contributed by atoms with van der Waals surface area (Å²) in [6, 6.07) is 34.5. The molecule has 0 aliphatic carbocycles. The van der Waals surface area contributed by atoms with Crippen molar-refractivity contribution in [2.45, 2.75) is 35.2 Å². The maximum Gasteiger partial charge on any atom is 0.573 e. The maximum absolute atomic E-state index is 13.9. The number of benzene rings is 5. The summed E-state index contributed by atoms with van der Waals surface area (Å²) in [5.74, 6) is 0.0107. The summed E-state index contributed by atoms with van der Waals surface area (Å²) in [4.78, 5) is 16.1. The van der Waals surface area contributed by atoms with E-state index in [2.05, 4.69) is 52.7 Å². The molecule has 1 aliphatic heterocycles. The van der Waals surface area contributed by atoms with Gasteiger partial charge in [0.05, 0.1) is 16.1 Å². The zero-order valence-corrected chi connectivity index (χ0v) is 35.5. The van der Waals surface area contributed by atoms with Crippen molar-refractivity contribution in [3.63, 3.8) is 0 Å².